The third-order valence-electron chi connectivity index (χ3n) is 5.04. The van der Waals surface area contributed by atoms with E-state index in [1.807, 2.05) is 18.4 Å². The highest BCUT2D eigenvalue weighted by Crippen LogP contribution is 2.38. The van der Waals surface area contributed by atoms with E-state index in [2.05, 4.69) is 5.32 Å². The summed E-state index contributed by atoms with van der Waals surface area (Å²) in [6.07, 6.45) is 2.88. The largest absolute Gasteiger partial charge is 0.493 e. The van der Waals surface area contributed by atoms with Gasteiger partial charge in [-0.2, -0.15) is 0 Å². The van der Waals surface area contributed by atoms with Crippen LogP contribution >= 0.6 is 11.8 Å². The molecular formula is C24H25FN2O5S2. The number of carbonyl (C=O) groups excluding carboxylic acids is 1. The van der Waals surface area contributed by atoms with Gasteiger partial charge in [0.15, 0.2) is 11.5 Å². The molecule has 1 N–H and O–H groups in total. The van der Waals surface area contributed by atoms with Crippen molar-refractivity contribution in [3.05, 3.63) is 77.6 Å². The summed E-state index contributed by atoms with van der Waals surface area (Å²) in [7, 11) is -1.12. The topological polar surface area (TPSA) is 84.9 Å². The number of nitrogens with zero attached hydrogens (tertiary/aromatic N) is 1. The summed E-state index contributed by atoms with van der Waals surface area (Å²) in [5.74, 6) is -0.647. The van der Waals surface area contributed by atoms with Crippen LogP contribution < -0.4 is 19.1 Å². The van der Waals surface area contributed by atoms with E-state index in [4.69, 9.17) is 9.47 Å². The lowest BCUT2D eigenvalue weighted by Crippen LogP contribution is -2.32. The van der Waals surface area contributed by atoms with E-state index in [0.29, 0.717) is 5.69 Å². The zero-order valence-corrected chi connectivity index (χ0v) is 20.8. The molecule has 0 aliphatic rings. The van der Waals surface area contributed by atoms with Gasteiger partial charge in [-0.3, -0.25) is 9.10 Å². The van der Waals surface area contributed by atoms with Crippen molar-refractivity contribution in [1.82, 2.24) is 0 Å². The second-order valence-electron chi connectivity index (χ2n) is 7.24. The van der Waals surface area contributed by atoms with Crippen molar-refractivity contribution in [3.8, 4) is 11.5 Å². The maximum atomic E-state index is 14.4. The van der Waals surface area contributed by atoms with E-state index in [-0.39, 0.29) is 34.9 Å². The molecule has 0 saturated heterocycles. The number of halogens is 1. The number of nitrogens with one attached hydrogen (secondary N) is 1. The highest BCUT2D eigenvalue weighted by Gasteiger charge is 2.27. The number of benzene rings is 3. The van der Waals surface area contributed by atoms with E-state index in [0.717, 1.165) is 15.5 Å². The molecule has 0 bridgehead atoms. The van der Waals surface area contributed by atoms with Crippen LogP contribution in [-0.2, 0) is 16.6 Å². The van der Waals surface area contributed by atoms with Crippen LogP contribution in [0.4, 0.5) is 15.8 Å². The number of methoxy groups -OCH3 is 2. The highest BCUT2D eigenvalue weighted by atomic mass is 32.2. The van der Waals surface area contributed by atoms with Gasteiger partial charge in [0, 0.05) is 16.5 Å². The summed E-state index contributed by atoms with van der Waals surface area (Å²) in [4.78, 5) is 14.2. The zero-order chi connectivity index (χ0) is 24.9. The molecule has 0 atom stereocenters. The molecular weight excluding hydrogens is 479 g/mol. The Morgan fingerprint density at radius 1 is 1.03 bits per heavy atom. The minimum absolute atomic E-state index is 0.0234. The van der Waals surface area contributed by atoms with Gasteiger partial charge < -0.3 is 14.8 Å². The number of hydrogen-bond acceptors (Lipinski definition) is 6. The minimum Gasteiger partial charge on any atom is -0.493 e. The second-order valence-corrected chi connectivity index (χ2v) is 9.99. The molecule has 1 amide bonds. The molecule has 34 heavy (non-hydrogen) atoms. The molecule has 0 saturated carbocycles. The third kappa shape index (κ3) is 5.63. The van der Waals surface area contributed by atoms with E-state index in [9.17, 15) is 17.6 Å². The van der Waals surface area contributed by atoms with Crippen LogP contribution in [0.15, 0.2) is 65.6 Å². The van der Waals surface area contributed by atoms with Crippen LogP contribution in [0.25, 0.3) is 0 Å². The van der Waals surface area contributed by atoms with Gasteiger partial charge >= 0.3 is 0 Å². The molecule has 3 aromatic carbocycles. The average molecular weight is 505 g/mol. The Hall–Kier alpha value is -3.24. The van der Waals surface area contributed by atoms with Crippen LogP contribution in [-0.4, -0.2) is 41.1 Å². The Morgan fingerprint density at radius 2 is 1.65 bits per heavy atom. The van der Waals surface area contributed by atoms with Crippen LogP contribution in [0.5, 0.6) is 11.5 Å². The average Bonchev–Trinajstić information content (AvgIpc) is 2.82. The van der Waals surface area contributed by atoms with Gasteiger partial charge in [-0.1, -0.05) is 30.3 Å². The van der Waals surface area contributed by atoms with Gasteiger partial charge in [0.05, 0.1) is 44.0 Å². The predicted octanol–water partition coefficient (Wildman–Crippen LogP) is 4.78. The molecule has 0 aromatic heterocycles. The molecule has 3 aromatic rings. The van der Waals surface area contributed by atoms with Gasteiger partial charge in [0.2, 0.25) is 10.0 Å². The summed E-state index contributed by atoms with van der Waals surface area (Å²) in [5, 5.41) is 2.84. The molecule has 0 spiro atoms. The standard InChI is InChI=1S/C24H25FN2O5S2/c1-31-21-13-17(24(28)26-19-11-7-8-12-23(19)33-3)20(14-22(21)32-2)27(34(4,29)30)15-16-9-5-6-10-18(16)25/h5-14H,15H2,1-4H3,(H,26,28). The lowest BCUT2D eigenvalue weighted by molar-refractivity contribution is 0.102. The van der Waals surface area contributed by atoms with Gasteiger partial charge in [0.1, 0.15) is 5.82 Å². The van der Waals surface area contributed by atoms with Crippen LogP contribution in [0.2, 0.25) is 0 Å². The van der Waals surface area contributed by atoms with Crippen LogP contribution in [0.1, 0.15) is 15.9 Å². The molecule has 180 valence electrons. The van der Waals surface area contributed by atoms with Crippen molar-refractivity contribution in [3.63, 3.8) is 0 Å². The summed E-state index contributed by atoms with van der Waals surface area (Å²) >= 11 is 1.46. The molecule has 0 fully saturated rings. The third-order valence-corrected chi connectivity index (χ3v) is 6.96. The maximum absolute atomic E-state index is 14.4. The molecule has 0 heterocycles. The summed E-state index contributed by atoms with van der Waals surface area (Å²) in [6.45, 7) is -0.317. The number of ether oxygens (including phenoxy) is 2. The SMILES string of the molecule is COc1cc(C(=O)Nc2ccccc2SC)c(N(Cc2ccccc2F)S(C)(=O)=O)cc1OC. The zero-order valence-electron chi connectivity index (χ0n) is 19.2. The number of thioether (sulfide) groups is 1. The fourth-order valence-electron chi connectivity index (χ4n) is 3.36. The van der Waals surface area contributed by atoms with E-state index in [1.54, 1.807) is 18.2 Å². The molecule has 3 rings (SSSR count). The highest BCUT2D eigenvalue weighted by molar-refractivity contribution is 7.98. The van der Waals surface area contributed by atoms with Gasteiger partial charge in [0.25, 0.3) is 5.91 Å². The molecule has 0 unspecified atom stereocenters. The Kier molecular flexibility index (Phi) is 8.06. The summed E-state index contributed by atoms with van der Waals surface area (Å²) in [5.41, 5.74) is 0.778. The Labute approximate surface area is 202 Å². The van der Waals surface area contributed by atoms with Crippen molar-refractivity contribution in [2.24, 2.45) is 0 Å². The van der Waals surface area contributed by atoms with Crippen molar-refractivity contribution >= 4 is 39.1 Å². The number of sulfonamides is 1. The number of rotatable bonds is 9. The monoisotopic (exact) mass is 504 g/mol. The molecule has 10 heteroatoms. The first-order valence-corrected chi connectivity index (χ1v) is 13.2. The second kappa shape index (κ2) is 10.8. The van der Waals surface area contributed by atoms with Crippen LogP contribution in [0, 0.1) is 5.82 Å². The fourth-order valence-corrected chi connectivity index (χ4v) is 4.79. The fraction of sp³-hybridized carbons (Fsp3) is 0.208. The lowest BCUT2D eigenvalue weighted by Gasteiger charge is -2.26. The molecule has 0 aliphatic heterocycles. The van der Waals surface area contributed by atoms with Crippen molar-refractivity contribution in [1.29, 1.82) is 0 Å². The van der Waals surface area contributed by atoms with E-state index >= 15 is 0 Å². The van der Waals surface area contributed by atoms with Gasteiger partial charge in [-0.25, -0.2) is 12.8 Å². The van der Waals surface area contributed by atoms with Gasteiger partial charge in [-0.05, 0) is 30.5 Å². The summed E-state index contributed by atoms with van der Waals surface area (Å²) < 4.78 is 51.7. The Balaban J connectivity index is 2.17. The molecule has 7 nitrogen and oxygen atoms in total. The first-order chi connectivity index (χ1) is 16.2. The van der Waals surface area contributed by atoms with Crippen molar-refractivity contribution in [2.45, 2.75) is 11.4 Å². The van der Waals surface area contributed by atoms with E-state index < -0.39 is 21.7 Å². The number of carbonyl (C=O) groups is 1. The number of anilines is 2. The Bertz CT molecular complexity index is 1300. The van der Waals surface area contributed by atoms with Crippen molar-refractivity contribution in [2.75, 3.05) is 36.4 Å². The molecule has 0 aliphatic carbocycles. The normalized spacial score (nSPS) is 11.1. The lowest BCUT2D eigenvalue weighted by atomic mass is 10.1. The maximum Gasteiger partial charge on any atom is 0.257 e. The number of amides is 1. The first kappa shape index (κ1) is 25.4. The predicted molar refractivity (Wildman–Crippen MR) is 133 cm³/mol. The smallest absolute Gasteiger partial charge is 0.257 e. The minimum atomic E-state index is -3.93. The van der Waals surface area contributed by atoms with Gasteiger partial charge in [-0.15, -0.1) is 11.8 Å². The quantitative estimate of drug-likeness (QED) is 0.422. The Morgan fingerprint density at radius 3 is 2.26 bits per heavy atom. The summed E-state index contributed by atoms with van der Waals surface area (Å²) in [6, 6.07) is 15.9. The first-order valence-electron chi connectivity index (χ1n) is 10.1. The number of hydrogen-bond donors (Lipinski definition) is 1. The number of para-hydroxylation sites is 1. The molecule has 0 radical (unpaired) electrons. The van der Waals surface area contributed by atoms with Crippen LogP contribution in [0.3, 0.4) is 0 Å². The van der Waals surface area contributed by atoms with Crippen molar-refractivity contribution < 1.29 is 27.1 Å². The van der Waals surface area contributed by atoms with E-state index in [1.165, 1.54) is 56.3 Å².